The lowest BCUT2D eigenvalue weighted by molar-refractivity contribution is 0.0928. The Labute approximate surface area is 106 Å². The van der Waals surface area contributed by atoms with Crippen LogP contribution in [0.25, 0.3) is 0 Å². The summed E-state index contributed by atoms with van der Waals surface area (Å²) in [4.78, 5) is 15.5. The Bertz CT molecular complexity index is 430. The van der Waals surface area contributed by atoms with Gasteiger partial charge in [-0.1, -0.05) is 12.8 Å². The lowest BCUT2D eigenvalue weighted by Gasteiger charge is -2.27. The number of carbonyl (C=O) groups excluding carboxylic acids is 1. The predicted octanol–water partition coefficient (Wildman–Crippen LogP) is 1.47. The van der Waals surface area contributed by atoms with Gasteiger partial charge in [-0.15, -0.1) is 0 Å². The highest BCUT2D eigenvalue weighted by Crippen LogP contribution is 2.36. The molecule has 0 aliphatic heterocycles. The van der Waals surface area contributed by atoms with Gasteiger partial charge in [-0.2, -0.15) is 0 Å². The quantitative estimate of drug-likeness (QED) is 0.851. The summed E-state index contributed by atoms with van der Waals surface area (Å²) in [5, 5.41) is 2.79. The van der Waals surface area contributed by atoms with Gasteiger partial charge in [0.25, 0.3) is 5.91 Å². The number of halogens is 1. The van der Waals surface area contributed by atoms with Crippen LogP contribution in [0.2, 0.25) is 0 Å². The molecular formula is C13H18FN3O. The van der Waals surface area contributed by atoms with Gasteiger partial charge in [-0.05, 0) is 30.9 Å². The fourth-order valence-corrected chi connectivity index (χ4v) is 2.50. The molecule has 1 amide bonds. The number of pyridine rings is 1. The summed E-state index contributed by atoms with van der Waals surface area (Å²) < 4.78 is 13.4. The van der Waals surface area contributed by atoms with Crippen molar-refractivity contribution in [1.82, 2.24) is 10.3 Å². The maximum Gasteiger partial charge on any atom is 0.254 e. The van der Waals surface area contributed by atoms with E-state index < -0.39 is 11.7 Å². The van der Waals surface area contributed by atoms with Crippen LogP contribution in [0.5, 0.6) is 0 Å². The van der Waals surface area contributed by atoms with Gasteiger partial charge in [0.1, 0.15) is 0 Å². The Morgan fingerprint density at radius 1 is 1.50 bits per heavy atom. The number of aromatic nitrogens is 1. The average Bonchev–Trinajstić information content (AvgIpc) is 2.86. The average molecular weight is 251 g/mol. The molecule has 0 atom stereocenters. The van der Waals surface area contributed by atoms with Gasteiger partial charge in [0.15, 0.2) is 5.82 Å². The van der Waals surface area contributed by atoms with Crippen LogP contribution < -0.4 is 11.1 Å². The van der Waals surface area contributed by atoms with Crippen LogP contribution in [0, 0.1) is 11.2 Å². The zero-order chi connectivity index (χ0) is 13.0. The molecule has 0 spiro atoms. The molecular weight excluding hydrogens is 233 g/mol. The van der Waals surface area contributed by atoms with Crippen LogP contribution in [0.4, 0.5) is 4.39 Å². The molecule has 0 unspecified atom stereocenters. The van der Waals surface area contributed by atoms with Crippen molar-refractivity contribution < 1.29 is 9.18 Å². The second kappa shape index (κ2) is 5.44. The summed E-state index contributed by atoms with van der Waals surface area (Å²) >= 11 is 0. The molecule has 1 aliphatic carbocycles. The molecule has 0 bridgehead atoms. The third-order valence-electron chi connectivity index (χ3n) is 3.74. The van der Waals surface area contributed by atoms with E-state index in [1.54, 1.807) is 0 Å². The van der Waals surface area contributed by atoms with Crippen LogP contribution in [0.1, 0.15) is 36.0 Å². The van der Waals surface area contributed by atoms with Gasteiger partial charge in [-0.3, -0.25) is 9.78 Å². The number of hydrogen-bond acceptors (Lipinski definition) is 3. The van der Waals surface area contributed by atoms with Crippen molar-refractivity contribution in [2.75, 3.05) is 13.1 Å². The first-order chi connectivity index (χ1) is 8.67. The fourth-order valence-electron chi connectivity index (χ4n) is 2.50. The summed E-state index contributed by atoms with van der Waals surface area (Å²) in [6, 6.07) is 1.38. The number of nitrogens with two attached hydrogens (primary N) is 1. The first-order valence-electron chi connectivity index (χ1n) is 6.25. The van der Waals surface area contributed by atoms with Crippen molar-refractivity contribution in [3.63, 3.8) is 0 Å². The van der Waals surface area contributed by atoms with E-state index in [1.165, 1.54) is 12.3 Å². The van der Waals surface area contributed by atoms with E-state index in [9.17, 15) is 9.18 Å². The van der Waals surface area contributed by atoms with E-state index in [-0.39, 0.29) is 11.0 Å². The molecule has 5 heteroatoms. The standard InChI is InChI=1S/C13H18FN3O/c14-11-7-16-6-3-10(11)12(18)17-9-13(8-15)4-1-2-5-13/h3,6-7H,1-2,4-5,8-9,15H2,(H,17,18). The number of amides is 1. The van der Waals surface area contributed by atoms with Crippen LogP contribution in [-0.2, 0) is 0 Å². The zero-order valence-corrected chi connectivity index (χ0v) is 10.3. The van der Waals surface area contributed by atoms with Gasteiger partial charge in [-0.25, -0.2) is 4.39 Å². The van der Waals surface area contributed by atoms with Crippen LogP contribution in [0.3, 0.4) is 0 Å². The molecule has 1 aliphatic rings. The molecule has 1 fully saturated rings. The van der Waals surface area contributed by atoms with Crippen molar-refractivity contribution in [3.8, 4) is 0 Å². The number of nitrogens with zero attached hydrogens (tertiary/aromatic N) is 1. The van der Waals surface area contributed by atoms with Crippen LogP contribution in [-0.4, -0.2) is 24.0 Å². The monoisotopic (exact) mass is 251 g/mol. The molecule has 1 aromatic heterocycles. The van der Waals surface area contributed by atoms with Crippen molar-refractivity contribution in [3.05, 3.63) is 29.8 Å². The molecule has 18 heavy (non-hydrogen) atoms. The molecule has 98 valence electrons. The number of rotatable bonds is 4. The fraction of sp³-hybridized carbons (Fsp3) is 0.538. The summed E-state index contributed by atoms with van der Waals surface area (Å²) in [7, 11) is 0. The van der Waals surface area contributed by atoms with E-state index in [4.69, 9.17) is 5.73 Å². The Morgan fingerprint density at radius 3 is 2.83 bits per heavy atom. The summed E-state index contributed by atoms with van der Waals surface area (Å²) in [6.45, 7) is 1.08. The maximum atomic E-state index is 13.4. The van der Waals surface area contributed by atoms with Gasteiger partial charge < -0.3 is 11.1 Å². The first-order valence-corrected chi connectivity index (χ1v) is 6.25. The van der Waals surface area contributed by atoms with Crippen molar-refractivity contribution >= 4 is 5.91 Å². The Hall–Kier alpha value is -1.49. The third-order valence-corrected chi connectivity index (χ3v) is 3.74. The van der Waals surface area contributed by atoms with E-state index in [0.717, 1.165) is 31.9 Å². The highest BCUT2D eigenvalue weighted by molar-refractivity contribution is 5.94. The number of hydrogen-bond donors (Lipinski definition) is 2. The lowest BCUT2D eigenvalue weighted by atomic mass is 9.86. The molecule has 1 saturated carbocycles. The summed E-state index contributed by atoms with van der Waals surface area (Å²) in [5.74, 6) is -0.988. The van der Waals surface area contributed by atoms with E-state index >= 15 is 0 Å². The number of nitrogens with one attached hydrogen (secondary N) is 1. The van der Waals surface area contributed by atoms with Crippen molar-refractivity contribution in [1.29, 1.82) is 0 Å². The molecule has 2 rings (SSSR count). The van der Waals surface area contributed by atoms with E-state index in [2.05, 4.69) is 10.3 Å². The van der Waals surface area contributed by atoms with Gasteiger partial charge in [0.2, 0.25) is 0 Å². The zero-order valence-electron chi connectivity index (χ0n) is 10.3. The largest absolute Gasteiger partial charge is 0.351 e. The SMILES string of the molecule is NCC1(CNC(=O)c2ccncc2F)CCCC1. The van der Waals surface area contributed by atoms with Gasteiger partial charge in [0, 0.05) is 12.7 Å². The summed E-state index contributed by atoms with van der Waals surface area (Å²) in [6.07, 6.45) is 6.81. The van der Waals surface area contributed by atoms with Crippen LogP contribution in [0.15, 0.2) is 18.5 Å². The Kier molecular flexibility index (Phi) is 3.91. The molecule has 4 nitrogen and oxygen atoms in total. The van der Waals surface area contributed by atoms with Gasteiger partial charge >= 0.3 is 0 Å². The maximum absolute atomic E-state index is 13.4. The lowest BCUT2D eigenvalue weighted by Crippen LogP contribution is -2.40. The normalized spacial score (nSPS) is 17.7. The Morgan fingerprint density at radius 2 is 2.22 bits per heavy atom. The molecule has 1 heterocycles. The topological polar surface area (TPSA) is 68.0 Å². The highest BCUT2D eigenvalue weighted by Gasteiger charge is 2.32. The smallest absolute Gasteiger partial charge is 0.254 e. The van der Waals surface area contributed by atoms with E-state index in [0.29, 0.717) is 13.1 Å². The van der Waals surface area contributed by atoms with Crippen molar-refractivity contribution in [2.24, 2.45) is 11.1 Å². The summed E-state index contributed by atoms with van der Waals surface area (Å²) in [5.41, 5.74) is 5.82. The van der Waals surface area contributed by atoms with Gasteiger partial charge in [0.05, 0.1) is 11.8 Å². The molecule has 3 N–H and O–H groups in total. The second-order valence-electron chi connectivity index (χ2n) is 4.95. The van der Waals surface area contributed by atoms with Crippen molar-refractivity contribution in [2.45, 2.75) is 25.7 Å². The van der Waals surface area contributed by atoms with Crippen LogP contribution >= 0.6 is 0 Å². The number of carbonyl (C=O) groups is 1. The first kappa shape index (κ1) is 13.0. The highest BCUT2D eigenvalue weighted by atomic mass is 19.1. The molecule has 0 radical (unpaired) electrons. The molecule has 1 aromatic rings. The second-order valence-corrected chi connectivity index (χ2v) is 4.95. The minimum absolute atomic E-state index is 0.000827. The Balaban J connectivity index is 1.98. The van der Waals surface area contributed by atoms with E-state index in [1.807, 2.05) is 0 Å². The third kappa shape index (κ3) is 2.67. The molecule has 0 aromatic carbocycles. The minimum atomic E-state index is -0.594. The predicted molar refractivity (Wildman–Crippen MR) is 66.5 cm³/mol. The minimum Gasteiger partial charge on any atom is -0.351 e. The molecule has 0 saturated heterocycles.